The van der Waals surface area contributed by atoms with Gasteiger partial charge in [-0.15, -0.1) is 22.7 Å². The van der Waals surface area contributed by atoms with Crippen LogP contribution < -0.4 is 0 Å². The molecule has 0 aromatic carbocycles. The van der Waals surface area contributed by atoms with Crippen LogP contribution in [0.4, 0.5) is 0 Å². The third-order valence-electron chi connectivity index (χ3n) is 2.11. The molecule has 1 unspecified atom stereocenters. The van der Waals surface area contributed by atoms with E-state index in [0.717, 1.165) is 21.1 Å². The lowest BCUT2D eigenvalue weighted by atomic mass is 10.1. The number of rotatable bonds is 2. The molecule has 0 amide bonds. The van der Waals surface area contributed by atoms with E-state index < -0.39 is 6.10 Å². The third kappa shape index (κ3) is 1.73. The van der Waals surface area contributed by atoms with E-state index in [0.29, 0.717) is 0 Å². The molecule has 1 N–H and O–H groups in total. The largest absolute Gasteiger partial charge is 0.382 e. The van der Waals surface area contributed by atoms with Crippen molar-refractivity contribution in [1.29, 1.82) is 0 Å². The SMILES string of the molecule is Cc1nc(C(O)c2ccsc2C)cs1. The summed E-state index contributed by atoms with van der Waals surface area (Å²) in [5.41, 5.74) is 1.73. The molecule has 74 valence electrons. The Morgan fingerprint density at radius 3 is 2.64 bits per heavy atom. The molecule has 0 spiro atoms. The average Bonchev–Trinajstić information content (AvgIpc) is 2.73. The van der Waals surface area contributed by atoms with Crippen molar-refractivity contribution in [2.75, 3.05) is 0 Å². The van der Waals surface area contributed by atoms with Crippen LogP contribution in [0, 0.1) is 13.8 Å². The number of aliphatic hydroxyl groups is 1. The summed E-state index contributed by atoms with van der Waals surface area (Å²) in [6.45, 7) is 3.96. The molecule has 0 aliphatic carbocycles. The minimum absolute atomic E-state index is 0.564. The van der Waals surface area contributed by atoms with Crippen molar-refractivity contribution in [2.24, 2.45) is 0 Å². The number of hydrogen-bond donors (Lipinski definition) is 1. The number of aromatic nitrogens is 1. The Balaban J connectivity index is 2.33. The fraction of sp³-hybridized carbons (Fsp3) is 0.300. The van der Waals surface area contributed by atoms with Gasteiger partial charge in [0.05, 0.1) is 10.7 Å². The molecule has 0 saturated carbocycles. The van der Waals surface area contributed by atoms with Gasteiger partial charge in [-0.05, 0) is 25.3 Å². The number of hydrogen-bond acceptors (Lipinski definition) is 4. The van der Waals surface area contributed by atoms with Gasteiger partial charge in [-0.1, -0.05) is 0 Å². The zero-order chi connectivity index (χ0) is 10.1. The minimum Gasteiger partial charge on any atom is -0.382 e. The van der Waals surface area contributed by atoms with Gasteiger partial charge in [0.2, 0.25) is 0 Å². The Labute approximate surface area is 90.9 Å². The maximum Gasteiger partial charge on any atom is 0.123 e. The van der Waals surface area contributed by atoms with Gasteiger partial charge in [-0.25, -0.2) is 4.98 Å². The molecule has 1 atom stereocenters. The van der Waals surface area contributed by atoms with Gasteiger partial charge in [0, 0.05) is 15.8 Å². The first-order valence-electron chi connectivity index (χ1n) is 4.32. The van der Waals surface area contributed by atoms with Crippen LogP contribution in [-0.4, -0.2) is 10.1 Å². The second-order valence-corrected chi connectivity index (χ2v) is 5.31. The fourth-order valence-corrected chi connectivity index (χ4v) is 2.71. The van der Waals surface area contributed by atoms with E-state index in [1.807, 2.05) is 30.7 Å². The van der Waals surface area contributed by atoms with Gasteiger partial charge in [0.25, 0.3) is 0 Å². The van der Waals surface area contributed by atoms with Crippen molar-refractivity contribution in [2.45, 2.75) is 20.0 Å². The van der Waals surface area contributed by atoms with E-state index in [-0.39, 0.29) is 0 Å². The summed E-state index contributed by atoms with van der Waals surface area (Å²) in [4.78, 5) is 5.44. The summed E-state index contributed by atoms with van der Waals surface area (Å²) in [7, 11) is 0. The lowest BCUT2D eigenvalue weighted by Gasteiger charge is -2.06. The van der Waals surface area contributed by atoms with Crippen molar-refractivity contribution in [1.82, 2.24) is 4.98 Å². The monoisotopic (exact) mass is 225 g/mol. The van der Waals surface area contributed by atoms with Gasteiger partial charge in [0.1, 0.15) is 6.10 Å². The number of aliphatic hydroxyl groups excluding tert-OH is 1. The van der Waals surface area contributed by atoms with Crippen LogP contribution in [0.3, 0.4) is 0 Å². The molecule has 2 heterocycles. The standard InChI is InChI=1S/C10H11NOS2/c1-6-8(3-4-13-6)10(12)9-5-14-7(2)11-9/h3-5,10,12H,1-2H3. The Hall–Kier alpha value is -0.710. The molecule has 0 aliphatic rings. The topological polar surface area (TPSA) is 33.1 Å². The van der Waals surface area contributed by atoms with Crippen molar-refractivity contribution in [3.05, 3.63) is 38.0 Å². The summed E-state index contributed by atoms with van der Waals surface area (Å²) in [6, 6.07) is 1.96. The minimum atomic E-state index is -0.564. The number of thiazole rings is 1. The predicted molar refractivity (Wildman–Crippen MR) is 60.0 cm³/mol. The zero-order valence-corrected chi connectivity index (χ0v) is 9.65. The summed E-state index contributed by atoms with van der Waals surface area (Å²) < 4.78 is 0. The Kier molecular flexibility index (Phi) is 2.67. The predicted octanol–water partition coefficient (Wildman–Crippen LogP) is 2.90. The smallest absolute Gasteiger partial charge is 0.123 e. The van der Waals surface area contributed by atoms with Crippen LogP contribution in [0.2, 0.25) is 0 Å². The first kappa shape index (κ1) is 9.83. The van der Waals surface area contributed by atoms with Crippen LogP contribution >= 0.6 is 22.7 Å². The van der Waals surface area contributed by atoms with E-state index in [1.54, 1.807) is 22.7 Å². The fourth-order valence-electron chi connectivity index (χ4n) is 1.34. The molecule has 0 bridgehead atoms. The Bertz CT molecular complexity index is 433. The molecule has 0 fully saturated rings. The summed E-state index contributed by atoms with van der Waals surface area (Å²) >= 11 is 3.22. The third-order valence-corrected chi connectivity index (χ3v) is 3.76. The van der Waals surface area contributed by atoms with Gasteiger partial charge in [-0.2, -0.15) is 0 Å². The van der Waals surface area contributed by atoms with Crippen LogP contribution in [0.25, 0.3) is 0 Å². The quantitative estimate of drug-likeness (QED) is 0.852. The van der Waals surface area contributed by atoms with E-state index in [9.17, 15) is 5.11 Å². The van der Waals surface area contributed by atoms with E-state index in [1.165, 1.54) is 0 Å². The van der Waals surface area contributed by atoms with Crippen LogP contribution in [0.1, 0.15) is 27.2 Å². The Morgan fingerprint density at radius 2 is 2.14 bits per heavy atom. The van der Waals surface area contributed by atoms with E-state index >= 15 is 0 Å². The molecule has 2 aromatic rings. The Morgan fingerprint density at radius 1 is 1.36 bits per heavy atom. The highest BCUT2D eigenvalue weighted by Gasteiger charge is 2.15. The van der Waals surface area contributed by atoms with Crippen molar-refractivity contribution < 1.29 is 5.11 Å². The number of aryl methyl sites for hydroxylation is 2. The van der Waals surface area contributed by atoms with E-state index in [2.05, 4.69) is 4.98 Å². The van der Waals surface area contributed by atoms with Crippen molar-refractivity contribution in [3.63, 3.8) is 0 Å². The number of thiophene rings is 1. The van der Waals surface area contributed by atoms with E-state index in [4.69, 9.17) is 0 Å². The zero-order valence-electron chi connectivity index (χ0n) is 8.02. The number of nitrogens with zero attached hydrogens (tertiary/aromatic N) is 1. The normalized spacial score (nSPS) is 13.1. The van der Waals surface area contributed by atoms with Crippen LogP contribution in [0.5, 0.6) is 0 Å². The highest BCUT2D eigenvalue weighted by atomic mass is 32.1. The average molecular weight is 225 g/mol. The summed E-state index contributed by atoms with van der Waals surface area (Å²) in [5, 5.41) is 14.9. The van der Waals surface area contributed by atoms with Gasteiger partial charge in [-0.3, -0.25) is 0 Å². The first-order chi connectivity index (χ1) is 6.68. The molecule has 14 heavy (non-hydrogen) atoms. The second kappa shape index (κ2) is 3.81. The molecule has 0 aliphatic heterocycles. The molecule has 2 rings (SSSR count). The highest BCUT2D eigenvalue weighted by molar-refractivity contribution is 7.10. The van der Waals surface area contributed by atoms with Gasteiger partial charge < -0.3 is 5.11 Å². The summed E-state index contributed by atoms with van der Waals surface area (Å²) in [6.07, 6.45) is -0.564. The maximum absolute atomic E-state index is 10.0. The second-order valence-electron chi connectivity index (χ2n) is 3.13. The molecule has 0 saturated heterocycles. The maximum atomic E-state index is 10.0. The van der Waals surface area contributed by atoms with Crippen LogP contribution in [-0.2, 0) is 0 Å². The molecule has 0 radical (unpaired) electrons. The summed E-state index contributed by atoms with van der Waals surface area (Å²) in [5.74, 6) is 0. The molecular formula is C10H11NOS2. The van der Waals surface area contributed by atoms with Gasteiger partial charge >= 0.3 is 0 Å². The molecule has 2 aromatic heterocycles. The van der Waals surface area contributed by atoms with Crippen molar-refractivity contribution in [3.8, 4) is 0 Å². The first-order valence-corrected chi connectivity index (χ1v) is 6.08. The van der Waals surface area contributed by atoms with Crippen LogP contribution in [0.15, 0.2) is 16.8 Å². The lowest BCUT2D eigenvalue weighted by Crippen LogP contribution is -1.99. The lowest BCUT2D eigenvalue weighted by molar-refractivity contribution is 0.216. The molecule has 4 heteroatoms. The van der Waals surface area contributed by atoms with Crippen molar-refractivity contribution >= 4 is 22.7 Å². The molecular weight excluding hydrogens is 214 g/mol. The van der Waals surface area contributed by atoms with Gasteiger partial charge in [0.15, 0.2) is 0 Å². The highest BCUT2D eigenvalue weighted by Crippen LogP contribution is 2.28. The molecule has 2 nitrogen and oxygen atoms in total.